The zero-order valence-corrected chi connectivity index (χ0v) is 20.1. The first-order chi connectivity index (χ1) is 15.7. The maximum absolute atomic E-state index is 12.9. The summed E-state index contributed by atoms with van der Waals surface area (Å²) >= 11 is 3.39. The molecule has 0 aliphatic rings. The average Bonchev–Trinajstić information content (AvgIpc) is 3.13. The fourth-order valence-electron chi connectivity index (χ4n) is 3.44. The Hall–Kier alpha value is -3.65. The topological polar surface area (TPSA) is 102 Å². The first kappa shape index (κ1) is 22.5. The number of rotatable bonds is 3. The van der Waals surface area contributed by atoms with Crippen LogP contribution in [0, 0.1) is 0 Å². The van der Waals surface area contributed by atoms with Gasteiger partial charge in [-0.1, -0.05) is 54.9 Å². The predicted molar refractivity (Wildman–Crippen MR) is 136 cm³/mol. The van der Waals surface area contributed by atoms with Gasteiger partial charge in [-0.15, -0.1) is 0 Å². The fraction of sp³-hybridized carbons (Fsp3) is 0.160. The van der Waals surface area contributed by atoms with Crippen LogP contribution in [0.4, 0.5) is 11.4 Å². The monoisotopic (exact) mass is 505 g/mol. The predicted octanol–water partition coefficient (Wildman–Crippen LogP) is 5.45. The van der Waals surface area contributed by atoms with E-state index in [4.69, 9.17) is 4.99 Å². The van der Waals surface area contributed by atoms with E-state index < -0.39 is 0 Å². The van der Waals surface area contributed by atoms with E-state index in [1.807, 2.05) is 42.5 Å². The molecule has 8 heteroatoms. The number of benzene rings is 3. The van der Waals surface area contributed by atoms with Crippen molar-refractivity contribution in [2.75, 3.05) is 5.32 Å². The summed E-state index contributed by atoms with van der Waals surface area (Å²) in [5.74, 6) is -0.0185. The lowest BCUT2D eigenvalue weighted by Crippen LogP contribution is -2.36. The number of guanidine groups is 1. The smallest absolute Gasteiger partial charge is 0.323 e. The van der Waals surface area contributed by atoms with E-state index >= 15 is 0 Å². The van der Waals surface area contributed by atoms with Crippen molar-refractivity contribution in [2.45, 2.75) is 26.2 Å². The Morgan fingerprint density at radius 1 is 0.939 bits per heavy atom. The van der Waals surface area contributed by atoms with Gasteiger partial charge < -0.3 is 15.3 Å². The van der Waals surface area contributed by atoms with Crippen LogP contribution in [0.2, 0.25) is 0 Å². The molecule has 0 saturated carbocycles. The van der Waals surface area contributed by atoms with Crippen molar-refractivity contribution in [1.82, 2.24) is 15.3 Å². The molecule has 4 rings (SSSR count). The Balaban J connectivity index is 1.72. The average molecular weight is 506 g/mol. The Kier molecular flexibility index (Phi) is 6.20. The van der Waals surface area contributed by atoms with Gasteiger partial charge in [0.2, 0.25) is 5.96 Å². The molecule has 0 fully saturated rings. The highest BCUT2D eigenvalue weighted by atomic mass is 79.9. The highest BCUT2D eigenvalue weighted by Gasteiger charge is 2.18. The molecule has 168 valence electrons. The van der Waals surface area contributed by atoms with Gasteiger partial charge >= 0.3 is 5.69 Å². The van der Waals surface area contributed by atoms with Crippen LogP contribution in [0.5, 0.6) is 0 Å². The summed E-state index contributed by atoms with van der Waals surface area (Å²) in [4.78, 5) is 34.8. The van der Waals surface area contributed by atoms with Gasteiger partial charge in [0.25, 0.3) is 5.91 Å². The number of halogens is 1. The molecule has 4 aromatic rings. The van der Waals surface area contributed by atoms with E-state index in [0.717, 1.165) is 15.7 Å². The molecule has 1 heterocycles. The minimum atomic E-state index is -0.293. The number of anilines is 1. The molecule has 33 heavy (non-hydrogen) atoms. The molecule has 1 aromatic heterocycles. The normalized spacial score (nSPS) is 12.1. The van der Waals surface area contributed by atoms with Crippen LogP contribution >= 0.6 is 15.9 Å². The number of carbonyl (C=O) groups is 1. The van der Waals surface area contributed by atoms with Crippen molar-refractivity contribution >= 4 is 50.2 Å². The summed E-state index contributed by atoms with van der Waals surface area (Å²) < 4.78 is 0.888. The van der Waals surface area contributed by atoms with Crippen LogP contribution in [0.15, 0.2) is 81.0 Å². The first-order valence-corrected chi connectivity index (χ1v) is 11.2. The number of aromatic amines is 2. The van der Waals surface area contributed by atoms with Gasteiger partial charge in [-0.3, -0.25) is 10.1 Å². The molecule has 3 aromatic carbocycles. The highest BCUT2D eigenvalue weighted by Crippen LogP contribution is 2.31. The SMILES string of the molecule is CC(C)(C)c1ccccc1N=C(NC(=O)c1ccc(Br)cc1)Nc1ccc2[nH]c(=O)[nH]c2c1. The molecule has 1 amide bonds. The highest BCUT2D eigenvalue weighted by molar-refractivity contribution is 9.10. The van der Waals surface area contributed by atoms with Crippen molar-refractivity contribution in [2.24, 2.45) is 4.99 Å². The number of hydrogen-bond acceptors (Lipinski definition) is 3. The maximum Gasteiger partial charge on any atom is 0.323 e. The van der Waals surface area contributed by atoms with E-state index in [0.29, 0.717) is 22.3 Å². The minimum absolute atomic E-state index is 0.134. The minimum Gasteiger partial charge on any atom is -0.326 e. The lowest BCUT2D eigenvalue weighted by Gasteiger charge is -2.21. The number of hydrogen-bond donors (Lipinski definition) is 4. The van der Waals surface area contributed by atoms with Crippen LogP contribution in [-0.2, 0) is 5.41 Å². The molecule has 0 atom stereocenters. The van der Waals surface area contributed by atoms with Crippen LogP contribution in [0.3, 0.4) is 0 Å². The van der Waals surface area contributed by atoms with Crippen LogP contribution in [0.25, 0.3) is 11.0 Å². The van der Waals surface area contributed by atoms with Gasteiger partial charge in [0.15, 0.2) is 0 Å². The molecule has 7 nitrogen and oxygen atoms in total. The molecule has 0 aliphatic carbocycles. The quantitative estimate of drug-likeness (QED) is 0.220. The number of amides is 1. The second-order valence-corrected chi connectivity index (χ2v) is 9.57. The Morgan fingerprint density at radius 2 is 1.64 bits per heavy atom. The molecule has 0 unspecified atom stereocenters. The molecule has 0 bridgehead atoms. The van der Waals surface area contributed by atoms with Crippen molar-refractivity contribution in [3.8, 4) is 0 Å². The number of para-hydroxylation sites is 1. The second kappa shape index (κ2) is 9.07. The van der Waals surface area contributed by atoms with Gasteiger partial charge in [0.1, 0.15) is 0 Å². The maximum atomic E-state index is 12.9. The number of imidazole rings is 1. The molecular formula is C25H24BrN5O2. The van der Waals surface area contributed by atoms with Crippen molar-refractivity contribution in [1.29, 1.82) is 0 Å². The van der Waals surface area contributed by atoms with Gasteiger partial charge in [-0.25, -0.2) is 9.79 Å². The number of nitrogens with zero attached hydrogens (tertiary/aromatic N) is 1. The number of aliphatic imine (C=N–C) groups is 1. The Labute approximate surface area is 199 Å². The standard InChI is InChI=1S/C25H24BrN5O2/c1-25(2,3)18-6-4-5-7-19(18)28-23(31-22(32)15-8-10-16(26)11-9-15)27-17-12-13-20-21(14-17)30-24(33)29-20/h4-14H,1-3H3,(H2,29,30,33)(H2,27,28,31,32). The third kappa shape index (κ3) is 5.40. The van der Waals surface area contributed by atoms with Crippen molar-refractivity contribution < 1.29 is 4.79 Å². The lowest BCUT2D eigenvalue weighted by atomic mass is 9.86. The zero-order chi connectivity index (χ0) is 23.6. The second-order valence-electron chi connectivity index (χ2n) is 8.65. The first-order valence-electron chi connectivity index (χ1n) is 10.4. The number of H-pyrrole nitrogens is 2. The van der Waals surface area contributed by atoms with E-state index in [9.17, 15) is 9.59 Å². The Bertz CT molecular complexity index is 1390. The van der Waals surface area contributed by atoms with Crippen LogP contribution in [0.1, 0.15) is 36.7 Å². The summed E-state index contributed by atoms with van der Waals surface area (Å²) in [7, 11) is 0. The third-order valence-corrected chi connectivity index (χ3v) is 5.59. The van der Waals surface area contributed by atoms with Crippen molar-refractivity contribution in [3.63, 3.8) is 0 Å². The number of nitrogens with one attached hydrogen (secondary N) is 4. The fourth-order valence-corrected chi connectivity index (χ4v) is 3.71. The molecule has 0 radical (unpaired) electrons. The van der Waals surface area contributed by atoms with Gasteiger partial charge in [-0.05, 0) is 59.5 Å². The summed E-state index contributed by atoms with van der Waals surface area (Å²) in [6.07, 6.45) is 0. The number of carbonyl (C=O) groups excluding carboxylic acids is 1. The number of aromatic nitrogens is 2. The lowest BCUT2D eigenvalue weighted by molar-refractivity contribution is 0.0977. The zero-order valence-electron chi connectivity index (χ0n) is 18.5. The molecular weight excluding hydrogens is 482 g/mol. The molecule has 0 spiro atoms. The summed E-state index contributed by atoms with van der Waals surface area (Å²) in [5.41, 5.74) is 3.90. The Morgan fingerprint density at radius 3 is 2.36 bits per heavy atom. The van der Waals surface area contributed by atoms with Crippen molar-refractivity contribution in [3.05, 3.63) is 92.8 Å². The van der Waals surface area contributed by atoms with E-state index in [-0.39, 0.29) is 23.0 Å². The summed E-state index contributed by atoms with van der Waals surface area (Å²) in [6, 6.07) is 20.3. The van der Waals surface area contributed by atoms with Crippen LogP contribution in [-0.4, -0.2) is 21.8 Å². The van der Waals surface area contributed by atoms with Gasteiger partial charge in [0.05, 0.1) is 16.7 Å². The van der Waals surface area contributed by atoms with Crippen LogP contribution < -0.4 is 16.3 Å². The number of fused-ring (bicyclic) bond motifs is 1. The largest absolute Gasteiger partial charge is 0.326 e. The molecule has 4 N–H and O–H groups in total. The van der Waals surface area contributed by atoms with E-state index in [1.54, 1.807) is 24.3 Å². The summed E-state index contributed by atoms with van der Waals surface area (Å²) in [6.45, 7) is 6.35. The third-order valence-electron chi connectivity index (χ3n) is 5.06. The summed E-state index contributed by atoms with van der Waals surface area (Å²) in [5, 5.41) is 6.08. The van der Waals surface area contributed by atoms with Gasteiger partial charge in [0, 0.05) is 15.7 Å². The molecule has 0 saturated heterocycles. The molecule has 0 aliphatic heterocycles. The van der Waals surface area contributed by atoms with E-state index in [2.05, 4.69) is 57.3 Å². The van der Waals surface area contributed by atoms with E-state index in [1.165, 1.54) is 0 Å². The van der Waals surface area contributed by atoms with Gasteiger partial charge in [-0.2, -0.15) is 0 Å².